The maximum absolute atomic E-state index is 13.4. The second-order valence-corrected chi connectivity index (χ2v) is 6.47. The van der Waals surface area contributed by atoms with Gasteiger partial charge in [-0.2, -0.15) is 5.10 Å². The fourth-order valence-corrected chi connectivity index (χ4v) is 3.31. The number of pyridine rings is 1. The number of hydrogen-bond acceptors (Lipinski definition) is 5. The summed E-state index contributed by atoms with van der Waals surface area (Å²) < 4.78 is 1.55. The lowest BCUT2D eigenvalue weighted by atomic mass is 10.1. The Morgan fingerprint density at radius 3 is 2.77 bits per heavy atom. The third-order valence-corrected chi connectivity index (χ3v) is 4.74. The van der Waals surface area contributed by atoms with Crippen LogP contribution in [0.5, 0.6) is 0 Å². The molecule has 4 rings (SSSR count). The number of aromatic nitrogens is 4. The van der Waals surface area contributed by atoms with Crippen molar-refractivity contribution in [3.8, 4) is 5.82 Å². The average molecular weight is 348 g/mol. The zero-order valence-electron chi connectivity index (χ0n) is 14.8. The Balaban J connectivity index is 1.76. The molecule has 7 heteroatoms. The quantitative estimate of drug-likeness (QED) is 0.712. The van der Waals surface area contributed by atoms with Gasteiger partial charge in [0.25, 0.3) is 5.91 Å². The van der Waals surface area contributed by atoms with Gasteiger partial charge in [0.05, 0.1) is 11.4 Å². The summed E-state index contributed by atoms with van der Waals surface area (Å²) in [7, 11) is 2.06. The van der Waals surface area contributed by atoms with Gasteiger partial charge in [0.1, 0.15) is 12.7 Å². The van der Waals surface area contributed by atoms with Crippen LogP contribution in [0.3, 0.4) is 0 Å². The Morgan fingerprint density at radius 2 is 2.00 bits per heavy atom. The summed E-state index contributed by atoms with van der Waals surface area (Å²) in [5, 5.41) is 4.09. The third-order valence-electron chi connectivity index (χ3n) is 4.74. The molecule has 1 aliphatic rings. The molecule has 1 amide bonds. The highest BCUT2D eigenvalue weighted by molar-refractivity contribution is 6.08. The number of benzene rings is 1. The van der Waals surface area contributed by atoms with E-state index in [1.807, 2.05) is 23.1 Å². The van der Waals surface area contributed by atoms with Gasteiger partial charge in [0.15, 0.2) is 5.82 Å². The summed E-state index contributed by atoms with van der Waals surface area (Å²) in [5.41, 5.74) is 2.58. The molecule has 1 aromatic carbocycles. The third kappa shape index (κ3) is 2.81. The van der Waals surface area contributed by atoms with Crippen LogP contribution in [0.4, 0.5) is 11.4 Å². The number of fused-ring (bicyclic) bond motifs is 1. The lowest BCUT2D eigenvalue weighted by molar-refractivity contribution is 0.0978. The van der Waals surface area contributed by atoms with Gasteiger partial charge in [-0.05, 0) is 37.6 Å². The van der Waals surface area contributed by atoms with E-state index in [0.29, 0.717) is 11.4 Å². The van der Waals surface area contributed by atoms with Crippen LogP contribution in [0.25, 0.3) is 5.82 Å². The van der Waals surface area contributed by atoms with Crippen molar-refractivity contribution < 1.29 is 4.79 Å². The van der Waals surface area contributed by atoms with Crippen LogP contribution in [-0.2, 0) is 0 Å². The molecular formula is C19H20N6O. The van der Waals surface area contributed by atoms with Gasteiger partial charge < -0.3 is 9.80 Å². The molecule has 2 aromatic heterocycles. The monoisotopic (exact) mass is 348 g/mol. The fraction of sp³-hybridized carbons (Fsp3) is 0.263. The molecule has 132 valence electrons. The van der Waals surface area contributed by atoms with Gasteiger partial charge in [-0.1, -0.05) is 12.1 Å². The van der Waals surface area contributed by atoms with Crippen molar-refractivity contribution in [2.45, 2.75) is 19.4 Å². The average Bonchev–Trinajstić information content (AvgIpc) is 3.18. The lowest BCUT2D eigenvalue weighted by Gasteiger charge is -2.28. The summed E-state index contributed by atoms with van der Waals surface area (Å²) in [5.74, 6) is 0.533. The number of rotatable bonds is 2. The molecule has 0 aliphatic carbocycles. The van der Waals surface area contributed by atoms with Crippen LogP contribution in [0, 0.1) is 0 Å². The van der Waals surface area contributed by atoms with Crippen molar-refractivity contribution in [3.05, 3.63) is 60.8 Å². The van der Waals surface area contributed by atoms with Crippen LogP contribution in [0.15, 0.2) is 55.2 Å². The molecule has 0 fully saturated rings. The Bertz CT molecular complexity index is 923. The summed E-state index contributed by atoms with van der Waals surface area (Å²) in [6.07, 6.45) is 5.54. The summed E-state index contributed by atoms with van der Waals surface area (Å²) in [6, 6.07) is 11.6. The van der Waals surface area contributed by atoms with Gasteiger partial charge in [-0.15, -0.1) is 0 Å². The maximum atomic E-state index is 13.4. The Morgan fingerprint density at radius 1 is 1.19 bits per heavy atom. The second-order valence-electron chi connectivity index (χ2n) is 6.47. The Kier molecular flexibility index (Phi) is 4.12. The summed E-state index contributed by atoms with van der Waals surface area (Å²) in [6.45, 7) is 3.00. The Labute approximate surface area is 151 Å². The van der Waals surface area contributed by atoms with Gasteiger partial charge in [-0.25, -0.2) is 14.6 Å². The molecule has 1 atom stereocenters. The van der Waals surface area contributed by atoms with Crippen LogP contribution < -0.4 is 9.80 Å². The number of amides is 1. The van der Waals surface area contributed by atoms with Crippen molar-refractivity contribution in [1.82, 2.24) is 19.7 Å². The first-order valence-corrected chi connectivity index (χ1v) is 8.60. The van der Waals surface area contributed by atoms with Crippen LogP contribution in [0.2, 0.25) is 0 Å². The molecule has 26 heavy (non-hydrogen) atoms. The predicted octanol–water partition coefficient (Wildman–Crippen LogP) is 2.54. The normalized spacial score (nSPS) is 16.9. The molecule has 0 N–H and O–H groups in total. The van der Waals surface area contributed by atoms with Crippen molar-refractivity contribution in [3.63, 3.8) is 0 Å². The first kappa shape index (κ1) is 16.3. The van der Waals surface area contributed by atoms with Gasteiger partial charge in [0, 0.05) is 31.4 Å². The number of carbonyl (C=O) groups is 1. The van der Waals surface area contributed by atoms with E-state index in [1.165, 1.54) is 6.33 Å². The number of nitrogens with zero attached hydrogens (tertiary/aromatic N) is 6. The zero-order valence-corrected chi connectivity index (χ0v) is 14.8. The summed E-state index contributed by atoms with van der Waals surface area (Å²) in [4.78, 5) is 25.7. The van der Waals surface area contributed by atoms with Crippen molar-refractivity contribution >= 4 is 17.3 Å². The van der Waals surface area contributed by atoms with Crippen LogP contribution in [-0.4, -0.2) is 45.3 Å². The van der Waals surface area contributed by atoms with Crippen LogP contribution in [0.1, 0.15) is 23.7 Å². The minimum Gasteiger partial charge on any atom is -0.373 e. The van der Waals surface area contributed by atoms with E-state index < -0.39 is 0 Å². The molecular weight excluding hydrogens is 328 g/mol. The smallest absolute Gasteiger partial charge is 0.258 e. The first-order valence-electron chi connectivity index (χ1n) is 8.60. The Hall–Kier alpha value is -3.22. The molecule has 0 spiro atoms. The van der Waals surface area contributed by atoms with E-state index in [2.05, 4.69) is 40.0 Å². The van der Waals surface area contributed by atoms with Crippen molar-refractivity contribution in [1.29, 1.82) is 0 Å². The molecule has 0 radical (unpaired) electrons. The molecule has 0 saturated carbocycles. The highest BCUT2D eigenvalue weighted by Gasteiger charge is 2.29. The number of anilines is 2. The van der Waals surface area contributed by atoms with E-state index in [1.54, 1.807) is 29.3 Å². The minimum atomic E-state index is -0.0379. The molecule has 3 heterocycles. The highest BCUT2D eigenvalue weighted by Crippen LogP contribution is 2.34. The molecule has 1 aliphatic heterocycles. The summed E-state index contributed by atoms with van der Waals surface area (Å²) >= 11 is 0. The van der Waals surface area contributed by atoms with Gasteiger partial charge >= 0.3 is 0 Å². The molecule has 3 aromatic rings. The van der Waals surface area contributed by atoms with E-state index >= 15 is 0 Å². The maximum Gasteiger partial charge on any atom is 0.258 e. The topological polar surface area (TPSA) is 67.2 Å². The highest BCUT2D eigenvalue weighted by atomic mass is 16.2. The van der Waals surface area contributed by atoms with Crippen molar-refractivity contribution in [2.75, 3.05) is 23.4 Å². The lowest BCUT2D eigenvalue weighted by Crippen LogP contribution is -2.38. The van der Waals surface area contributed by atoms with E-state index in [0.717, 1.165) is 24.3 Å². The van der Waals surface area contributed by atoms with E-state index in [-0.39, 0.29) is 11.9 Å². The van der Waals surface area contributed by atoms with E-state index in [4.69, 9.17) is 0 Å². The SMILES string of the molecule is C[C@@H]1CCN(C)c2ccccc2N1C(=O)c1ccnc(-n2cncn2)c1. The van der Waals surface area contributed by atoms with Gasteiger partial charge in [0.2, 0.25) is 0 Å². The molecule has 0 saturated heterocycles. The zero-order chi connectivity index (χ0) is 18.1. The second kappa shape index (κ2) is 6.59. The number of carbonyl (C=O) groups excluding carboxylic acids is 1. The van der Waals surface area contributed by atoms with Gasteiger partial charge in [-0.3, -0.25) is 4.79 Å². The number of para-hydroxylation sites is 2. The fourth-order valence-electron chi connectivity index (χ4n) is 3.31. The predicted molar refractivity (Wildman–Crippen MR) is 99.8 cm³/mol. The van der Waals surface area contributed by atoms with E-state index in [9.17, 15) is 4.79 Å². The molecule has 0 unspecified atom stereocenters. The largest absolute Gasteiger partial charge is 0.373 e. The standard InChI is InChI=1S/C19H20N6O/c1-14-8-10-23(2)16-5-3-4-6-17(16)25(14)19(26)15-7-9-21-18(11-15)24-13-20-12-22-24/h3-7,9,11-14H,8,10H2,1-2H3/t14-/m1/s1. The van der Waals surface area contributed by atoms with Crippen molar-refractivity contribution in [2.24, 2.45) is 0 Å². The number of hydrogen-bond donors (Lipinski definition) is 0. The first-order chi connectivity index (χ1) is 12.6. The van der Waals surface area contributed by atoms with Crippen LogP contribution >= 0.6 is 0 Å². The minimum absolute atomic E-state index is 0.0379. The molecule has 7 nitrogen and oxygen atoms in total. The molecule has 0 bridgehead atoms.